The standard InChI is InChI=1S/C8H9N5/c9-6-2-1-5-4-13(8(10)11)12-7(5)3-6/h1-4H,9H2,(H3,10,11). The first kappa shape index (κ1) is 7.60. The van der Waals surface area contributed by atoms with Crippen LogP contribution in [0.1, 0.15) is 0 Å². The minimum atomic E-state index is -0.102. The molecule has 5 N–H and O–H groups in total. The molecule has 5 heteroatoms. The summed E-state index contributed by atoms with van der Waals surface area (Å²) >= 11 is 0. The van der Waals surface area contributed by atoms with Crippen molar-refractivity contribution in [1.29, 1.82) is 5.41 Å². The summed E-state index contributed by atoms with van der Waals surface area (Å²) in [4.78, 5) is 0. The molecule has 2 aromatic rings. The van der Waals surface area contributed by atoms with Crippen molar-refractivity contribution < 1.29 is 0 Å². The number of benzene rings is 1. The lowest BCUT2D eigenvalue weighted by atomic mass is 10.2. The van der Waals surface area contributed by atoms with E-state index in [-0.39, 0.29) is 5.96 Å². The van der Waals surface area contributed by atoms with Crippen molar-refractivity contribution in [3.8, 4) is 0 Å². The van der Waals surface area contributed by atoms with Crippen molar-refractivity contribution in [2.24, 2.45) is 5.73 Å². The normalized spacial score (nSPS) is 10.5. The van der Waals surface area contributed by atoms with Crippen molar-refractivity contribution in [2.45, 2.75) is 0 Å². The first-order valence-electron chi connectivity index (χ1n) is 3.76. The topological polar surface area (TPSA) is 93.7 Å². The smallest absolute Gasteiger partial charge is 0.213 e. The largest absolute Gasteiger partial charge is 0.399 e. The molecule has 13 heavy (non-hydrogen) atoms. The Balaban J connectivity index is 2.68. The molecule has 0 aliphatic heterocycles. The quantitative estimate of drug-likeness (QED) is 0.306. The Hall–Kier alpha value is -2.04. The minimum absolute atomic E-state index is 0.102. The van der Waals surface area contributed by atoms with Gasteiger partial charge < -0.3 is 11.5 Å². The Morgan fingerprint density at radius 1 is 1.46 bits per heavy atom. The van der Waals surface area contributed by atoms with Crippen LogP contribution >= 0.6 is 0 Å². The fraction of sp³-hybridized carbons (Fsp3) is 0. The van der Waals surface area contributed by atoms with Gasteiger partial charge in [0.25, 0.3) is 0 Å². The number of rotatable bonds is 0. The van der Waals surface area contributed by atoms with Crippen molar-refractivity contribution in [3.05, 3.63) is 24.4 Å². The van der Waals surface area contributed by atoms with E-state index in [9.17, 15) is 0 Å². The number of nitrogens with two attached hydrogens (primary N) is 2. The van der Waals surface area contributed by atoms with Crippen LogP contribution in [-0.2, 0) is 0 Å². The highest BCUT2D eigenvalue weighted by atomic mass is 15.3. The van der Waals surface area contributed by atoms with Crippen LogP contribution < -0.4 is 11.5 Å². The molecule has 0 spiro atoms. The van der Waals surface area contributed by atoms with Gasteiger partial charge in [-0.15, -0.1) is 0 Å². The molecule has 0 aliphatic carbocycles. The predicted octanol–water partition coefficient (Wildman–Crippen LogP) is 0.360. The SMILES string of the molecule is N=C(N)n1cc2ccc(N)cc2n1. The van der Waals surface area contributed by atoms with E-state index in [2.05, 4.69) is 5.10 Å². The molecule has 1 aromatic carbocycles. The fourth-order valence-electron chi connectivity index (χ4n) is 1.16. The molecule has 0 saturated heterocycles. The maximum Gasteiger partial charge on any atom is 0.213 e. The summed E-state index contributed by atoms with van der Waals surface area (Å²) in [5.41, 5.74) is 12.2. The van der Waals surface area contributed by atoms with Gasteiger partial charge in [0.05, 0.1) is 5.52 Å². The summed E-state index contributed by atoms with van der Waals surface area (Å²) in [5.74, 6) is -0.102. The number of aromatic nitrogens is 2. The van der Waals surface area contributed by atoms with Gasteiger partial charge in [-0.1, -0.05) is 0 Å². The Kier molecular flexibility index (Phi) is 1.45. The van der Waals surface area contributed by atoms with Crippen molar-refractivity contribution in [2.75, 3.05) is 5.73 Å². The Labute approximate surface area is 74.5 Å². The van der Waals surface area contributed by atoms with E-state index >= 15 is 0 Å². The summed E-state index contributed by atoms with van der Waals surface area (Å²) in [6.07, 6.45) is 1.69. The van der Waals surface area contributed by atoms with Gasteiger partial charge in [0.1, 0.15) is 0 Å². The third kappa shape index (κ3) is 1.20. The van der Waals surface area contributed by atoms with Crippen LogP contribution in [0.15, 0.2) is 24.4 Å². The van der Waals surface area contributed by atoms with Crippen molar-refractivity contribution in [3.63, 3.8) is 0 Å². The van der Waals surface area contributed by atoms with Crippen LogP contribution in [0.5, 0.6) is 0 Å². The van der Waals surface area contributed by atoms with Crippen LogP contribution in [0.4, 0.5) is 5.69 Å². The molecule has 5 nitrogen and oxygen atoms in total. The lowest BCUT2D eigenvalue weighted by molar-refractivity contribution is 0.928. The summed E-state index contributed by atoms with van der Waals surface area (Å²) in [7, 11) is 0. The maximum atomic E-state index is 7.17. The number of anilines is 1. The molecule has 0 unspecified atom stereocenters. The monoisotopic (exact) mass is 175 g/mol. The molecule has 0 radical (unpaired) electrons. The zero-order valence-electron chi connectivity index (χ0n) is 6.86. The summed E-state index contributed by atoms with van der Waals surface area (Å²) in [5, 5.41) is 12.1. The molecule has 0 aliphatic rings. The number of nitrogen functional groups attached to an aromatic ring is 2. The van der Waals surface area contributed by atoms with Crippen LogP contribution in [0, 0.1) is 5.41 Å². The predicted molar refractivity (Wildman–Crippen MR) is 51.5 cm³/mol. The highest BCUT2D eigenvalue weighted by molar-refractivity contribution is 5.86. The van der Waals surface area contributed by atoms with E-state index < -0.39 is 0 Å². The zero-order chi connectivity index (χ0) is 9.42. The van der Waals surface area contributed by atoms with Crippen molar-refractivity contribution >= 4 is 22.5 Å². The van der Waals surface area contributed by atoms with Gasteiger partial charge in [-0.05, 0) is 18.2 Å². The van der Waals surface area contributed by atoms with E-state index in [4.69, 9.17) is 16.9 Å². The average Bonchev–Trinajstić information content (AvgIpc) is 2.46. The van der Waals surface area contributed by atoms with E-state index in [0.29, 0.717) is 5.69 Å². The fourth-order valence-corrected chi connectivity index (χ4v) is 1.16. The van der Waals surface area contributed by atoms with E-state index in [1.54, 1.807) is 18.3 Å². The van der Waals surface area contributed by atoms with Gasteiger partial charge in [-0.25, -0.2) is 4.68 Å². The van der Waals surface area contributed by atoms with Gasteiger partial charge in [-0.2, -0.15) is 5.10 Å². The number of hydrogen-bond acceptors (Lipinski definition) is 3. The molecule has 1 heterocycles. The van der Waals surface area contributed by atoms with Gasteiger partial charge in [0.2, 0.25) is 5.96 Å². The first-order valence-corrected chi connectivity index (χ1v) is 3.76. The van der Waals surface area contributed by atoms with Crippen molar-refractivity contribution in [1.82, 2.24) is 9.78 Å². The van der Waals surface area contributed by atoms with E-state index in [0.717, 1.165) is 10.9 Å². The Morgan fingerprint density at radius 2 is 2.23 bits per heavy atom. The summed E-state index contributed by atoms with van der Waals surface area (Å²) in [6, 6.07) is 5.38. The molecule has 0 amide bonds. The van der Waals surface area contributed by atoms with Gasteiger partial charge >= 0.3 is 0 Å². The molecule has 66 valence electrons. The lowest BCUT2D eigenvalue weighted by Crippen LogP contribution is -2.20. The molecular formula is C8H9N5. The van der Waals surface area contributed by atoms with E-state index in [1.165, 1.54) is 4.68 Å². The van der Waals surface area contributed by atoms with Crippen LogP contribution in [-0.4, -0.2) is 15.7 Å². The molecule has 2 rings (SSSR count). The Bertz CT molecular complexity index is 470. The molecule has 0 bridgehead atoms. The third-order valence-electron chi connectivity index (χ3n) is 1.78. The highest BCUT2D eigenvalue weighted by Crippen LogP contribution is 2.14. The van der Waals surface area contributed by atoms with Crippen LogP contribution in [0.2, 0.25) is 0 Å². The number of nitrogens with zero attached hydrogens (tertiary/aromatic N) is 2. The molecule has 0 atom stereocenters. The van der Waals surface area contributed by atoms with Crippen LogP contribution in [0.25, 0.3) is 10.9 Å². The molecule has 0 saturated carbocycles. The zero-order valence-corrected chi connectivity index (χ0v) is 6.86. The Morgan fingerprint density at radius 3 is 2.92 bits per heavy atom. The second-order valence-corrected chi connectivity index (χ2v) is 2.78. The number of fused-ring (bicyclic) bond motifs is 1. The minimum Gasteiger partial charge on any atom is -0.399 e. The highest BCUT2D eigenvalue weighted by Gasteiger charge is 2.01. The lowest BCUT2D eigenvalue weighted by Gasteiger charge is -1.92. The number of hydrogen-bond donors (Lipinski definition) is 3. The third-order valence-corrected chi connectivity index (χ3v) is 1.78. The summed E-state index contributed by atoms with van der Waals surface area (Å²) < 4.78 is 1.31. The van der Waals surface area contributed by atoms with Gasteiger partial charge in [0, 0.05) is 17.3 Å². The summed E-state index contributed by atoms with van der Waals surface area (Å²) in [6.45, 7) is 0. The molecule has 1 aromatic heterocycles. The second-order valence-electron chi connectivity index (χ2n) is 2.78. The number of nitrogens with one attached hydrogen (secondary N) is 1. The van der Waals surface area contributed by atoms with Crippen LogP contribution in [0.3, 0.4) is 0 Å². The molecular weight excluding hydrogens is 166 g/mol. The first-order chi connectivity index (χ1) is 6.16. The average molecular weight is 175 g/mol. The van der Waals surface area contributed by atoms with Gasteiger partial charge in [-0.3, -0.25) is 5.41 Å². The van der Waals surface area contributed by atoms with E-state index in [1.807, 2.05) is 6.07 Å². The second kappa shape index (κ2) is 2.48. The maximum absolute atomic E-state index is 7.17. The molecule has 0 fully saturated rings. The van der Waals surface area contributed by atoms with Gasteiger partial charge in [0.15, 0.2) is 0 Å².